The Kier molecular flexibility index (Phi) is 5.77. The lowest BCUT2D eigenvalue weighted by Gasteiger charge is -2.15. The topological polar surface area (TPSA) is 64.0 Å². The molecular weight excluding hydrogens is 486 g/mol. The van der Waals surface area contributed by atoms with Crippen molar-refractivity contribution in [3.05, 3.63) is 79.6 Å². The number of halogens is 2. The lowest BCUT2D eigenvalue weighted by atomic mass is 10.0. The predicted molar refractivity (Wildman–Crippen MR) is 127 cm³/mol. The maximum Gasteiger partial charge on any atom is 0.263 e. The molecule has 0 radical (unpaired) electrons. The van der Waals surface area contributed by atoms with Crippen molar-refractivity contribution in [2.24, 2.45) is 0 Å². The average Bonchev–Trinajstić information content (AvgIpc) is 3.07. The molecule has 0 saturated carbocycles. The smallest absolute Gasteiger partial charge is 0.263 e. The normalized spacial score (nSPS) is 12.1. The minimum Gasteiger partial charge on any atom is -0.323 e. The molecule has 0 aliphatic heterocycles. The van der Waals surface area contributed by atoms with Gasteiger partial charge >= 0.3 is 0 Å². The monoisotopic (exact) mass is 501 g/mol. The van der Waals surface area contributed by atoms with Crippen molar-refractivity contribution < 1.29 is 4.79 Å². The van der Waals surface area contributed by atoms with Crippen LogP contribution in [-0.4, -0.2) is 15.5 Å². The first-order valence-corrected chi connectivity index (χ1v) is 11.2. The number of amides is 1. The van der Waals surface area contributed by atoms with Gasteiger partial charge in [0.25, 0.3) is 5.56 Å². The quantitative estimate of drug-likeness (QED) is 0.369. The number of aryl methyl sites for hydroxylation is 1. The molecule has 8 heteroatoms. The van der Waals surface area contributed by atoms with E-state index in [9.17, 15) is 9.59 Å². The summed E-state index contributed by atoms with van der Waals surface area (Å²) in [5.41, 5.74) is 2.05. The highest BCUT2D eigenvalue weighted by Crippen LogP contribution is 2.36. The second kappa shape index (κ2) is 8.34. The summed E-state index contributed by atoms with van der Waals surface area (Å²) in [6, 6.07) is 14.0. The molecule has 0 aliphatic carbocycles. The lowest BCUT2D eigenvalue weighted by molar-refractivity contribution is -0.118. The van der Waals surface area contributed by atoms with E-state index in [1.807, 2.05) is 31.2 Å². The van der Waals surface area contributed by atoms with Gasteiger partial charge in [0.1, 0.15) is 10.9 Å². The summed E-state index contributed by atoms with van der Waals surface area (Å²) in [6.07, 6.45) is 1.43. The number of hydrogen-bond acceptors (Lipinski definition) is 4. The van der Waals surface area contributed by atoms with E-state index in [4.69, 9.17) is 11.6 Å². The Hall–Kier alpha value is -2.48. The number of para-hydroxylation sites is 1. The van der Waals surface area contributed by atoms with E-state index in [1.165, 1.54) is 22.2 Å². The van der Waals surface area contributed by atoms with Crippen molar-refractivity contribution in [1.82, 2.24) is 9.55 Å². The van der Waals surface area contributed by atoms with E-state index in [-0.39, 0.29) is 11.5 Å². The molecule has 0 aliphatic rings. The van der Waals surface area contributed by atoms with E-state index in [2.05, 4.69) is 26.2 Å². The largest absolute Gasteiger partial charge is 0.323 e. The van der Waals surface area contributed by atoms with Gasteiger partial charge in [0, 0.05) is 14.9 Å². The van der Waals surface area contributed by atoms with Gasteiger partial charge in [-0.15, -0.1) is 11.3 Å². The zero-order valence-corrected chi connectivity index (χ0v) is 19.3. The molecule has 0 bridgehead atoms. The zero-order valence-electron chi connectivity index (χ0n) is 16.1. The van der Waals surface area contributed by atoms with E-state index in [0.29, 0.717) is 20.9 Å². The average molecular weight is 503 g/mol. The fourth-order valence-electron chi connectivity index (χ4n) is 3.28. The van der Waals surface area contributed by atoms with Gasteiger partial charge in [-0.2, -0.15) is 0 Å². The third kappa shape index (κ3) is 3.80. The number of nitrogens with zero attached hydrogens (tertiary/aromatic N) is 2. The number of benzene rings is 2. The van der Waals surface area contributed by atoms with Crippen LogP contribution in [0.3, 0.4) is 0 Å². The van der Waals surface area contributed by atoms with Crippen LogP contribution < -0.4 is 10.9 Å². The Balaban J connectivity index is 1.77. The van der Waals surface area contributed by atoms with Crippen LogP contribution in [-0.2, 0) is 4.79 Å². The third-order valence-electron chi connectivity index (χ3n) is 4.87. The predicted octanol–water partition coefficient (Wildman–Crippen LogP) is 6.05. The summed E-state index contributed by atoms with van der Waals surface area (Å²) in [7, 11) is 0. The van der Waals surface area contributed by atoms with Crippen LogP contribution in [0.2, 0.25) is 5.02 Å². The first kappa shape index (κ1) is 20.8. The number of hydrogen-bond donors (Lipinski definition) is 1. The molecule has 4 aromatic rings. The number of carbonyl (C=O) groups is 1. The minimum absolute atomic E-state index is 0.246. The van der Waals surface area contributed by atoms with Crippen LogP contribution in [0.25, 0.3) is 21.3 Å². The number of thiophene rings is 1. The Labute approximate surface area is 190 Å². The van der Waals surface area contributed by atoms with Crippen molar-refractivity contribution >= 4 is 60.7 Å². The van der Waals surface area contributed by atoms with Crippen molar-refractivity contribution in [2.75, 3.05) is 5.32 Å². The fraction of sp³-hybridized carbons (Fsp3) is 0.136. The maximum absolute atomic E-state index is 13.4. The molecule has 5 nitrogen and oxygen atoms in total. The number of nitrogens with one attached hydrogen (secondary N) is 1. The van der Waals surface area contributed by atoms with E-state index < -0.39 is 6.04 Å². The summed E-state index contributed by atoms with van der Waals surface area (Å²) in [4.78, 5) is 32.3. The summed E-state index contributed by atoms with van der Waals surface area (Å²) in [5, 5.41) is 3.74. The van der Waals surface area contributed by atoms with Gasteiger partial charge < -0.3 is 5.32 Å². The minimum atomic E-state index is -0.761. The third-order valence-corrected chi connectivity index (χ3v) is 6.75. The molecule has 1 N–H and O–H groups in total. The number of aromatic nitrogens is 2. The molecule has 4 rings (SSSR count). The maximum atomic E-state index is 13.4. The highest BCUT2D eigenvalue weighted by Gasteiger charge is 2.22. The van der Waals surface area contributed by atoms with Crippen LogP contribution in [0, 0.1) is 6.92 Å². The van der Waals surface area contributed by atoms with Gasteiger partial charge in [0.2, 0.25) is 5.91 Å². The summed E-state index contributed by atoms with van der Waals surface area (Å²) in [5.74, 6) is -0.344. The molecule has 2 heterocycles. The van der Waals surface area contributed by atoms with Crippen LogP contribution in [0.5, 0.6) is 0 Å². The Morgan fingerprint density at radius 2 is 1.90 bits per heavy atom. The standard InChI is InChI=1S/C22H17BrClN3O2S/c1-12(20(28)26-17-6-4-3-5-16(17)24)27-11-25-21-19(22(27)29)18(13(2)30-21)14-7-9-15(23)10-8-14/h3-12H,1-2H3,(H,26,28). The summed E-state index contributed by atoms with van der Waals surface area (Å²) < 4.78 is 2.33. The highest BCUT2D eigenvalue weighted by atomic mass is 79.9. The van der Waals surface area contributed by atoms with E-state index in [0.717, 1.165) is 20.5 Å². The van der Waals surface area contributed by atoms with Gasteiger partial charge in [-0.1, -0.05) is 51.8 Å². The van der Waals surface area contributed by atoms with Crippen LogP contribution in [0.1, 0.15) is 17.8 Å². The SMILES string of the molecule is Cc1sc2ncn(C(C)C(=O)Nc3ccccc3Cl)c(=O)c2c1-c1ccc(Br)cc1. The van der Waals surface area contributed by atoms with Gasteiger partial charge in [-0.05, 0) is 43.7 Å². The molecule has 0 saturated heterocycles. The summed E-state index contributed by atoms with van der Waals surface area (Å²) >= 11 is 11.0. The van der Waals surface area contributed by atoms with Crippen molar-refractivity contribution in [2.45, 2.75) is 19.9 Å². The van der Waals surface area contributed by atoms with E-state index >= 15 is 0 Å². The van der Waals surface area contributed by atoms with Gasteiger partial charge in [0.05, 0.1) is 22.4 Å². The van der Waals surface area contributed by atoms with Crippen molar-refractivity contribution in [3.8, 4) is 11.1 Å². The number of rotatable bonds is 4. The van der Waals surface area contributed by atoms with Crippen LogP contribution in [0.4, 0.5) is 5.69 Å². The van der Waals surface area contributed by atoms with Crippen LogP contribution >= 0.6 is 38.9 Å². The molecular formula is C22H17BrClN3O2S. The first-order valence-electron chi connectivity index (χ1n) is 9.18. The molecule has 1 amide bonds. The Morgan fingerprint density at radius 1 is 1.20 bits per heavy atom. The second-order valence-corrected chi connectivity index (χ2v) is 9.35. The molecule has 1 atom stereocenters. The summed E-state index contributed by atoms with van der Waals surface area (Å²) in [6.45, 7) is 3.64. The first-order chi connectivity index (χ1) is 14.4. The molecule has 0 spiro atoms. The Morgan fingerprint density at radius 3 is 2.60 bits per heavy atom. The second-order valence-electron chi connectivity index (χ2n) is 6.82. The fourth-order valence-corrected chi connectivity index (χ4v) is 4.73. The molecule has 2 aromatic carbocycles. The molecule has 2 aromatic heterocycles. The number of carbonyl (C=O) groups excluding carboxylic acids is 1. The van der Waals surface area contributed by atoms with Gasteiger partial charge in [0.15, 0.2) is 0 Å². The van der Waals surface area contributed by atoms with Crippen LogP contribution in [0.15, 0.2) is 64.1 Å². The van der Waals surface area contributed by atoms with Gasteiger partial charge in [-0.25, -0.2) is 4.98 Å². The van der Waals surface area contributed by atoms with E-state index in [1.54, 1.807) is 31.2 Å². The molecule has 152 valence electrons. The molecule has 0 fully saturated rings. The molecule has 30 heavy (non-hydrogen) atoms. The Bertz CT molecular complexity index is 1310. The van der Waals surface area contributed by atoms with Crippen molar-refractivity contribution in [3.63, 3.8) is 0 Å². The zero-order chi connectivity index (χ0) is 21.4. The van der Waals surface area contributed by atoms with Crippen molar-refractivity contribution in [1.29, 1.82) is 0 Å². The lowest BCUT2D eigenvalue weighted by Crippen LogP contribution is -2.31. The number of anilines is 1. The highest BCUT2D eigenvalue weighted by molar-refractivity contribution is 9.10. The number of fused-ring (bicyclic) bond motifs is 1. The van der Waals surface area contributed by atoms with Gasteiger partial charge in [-0.3, -0.25) is 14.2 Å². The molecule has 1 unspecified atom stereocenters.